The Morgan fingerprint density at radius 1 is 1.18 bits per heavy atom. The van der Waals surface area contributed by atoms with Gasteiger partial charge < -0.3 is 15.2 Å². The number of ether oxygens (including phenoxy) is 1. The summed E-state index contributed by atoms with van der Waals surface area (Å²) in [5, 5.41) is 13.7. The van der Waals surface area contributed by atoms with E-state index in [0.29, 0.717) is 18.3 Å². The number of carbonyl (C=O) groups excluding carboxylic acids is 2. The van der Waals surface area contributed by atoms with Crippen molar-refractivity contribution in [2.75, 3.05) is 6.61 Å². The van der Waals surface area contributed by atoms with Crippen molar-refractivity contribution < 1.29 is 19.4 Å². The number of nitrogens with one attached hydrogen (secondary N) is 1. The predicted molar refractivity (Wildman–Crippen MR) is 105 cm³/mol. The van der Waals surface area contributed by atoms with E-state index < -0.39 is 11.0 Å². The molecule has 5 nitrogen and oxygen atoms in total. The summed E-state index contributed by atoms with van der Waals surface area (Å²) in [5.41, 5.74) is -0.0233. The van der Waals surface area contributed by atoms with E-state index in [2.05, 4.69) is 17.4 Å². The van der Waals surface area contributed by atoms with Crippen LogP contribution in [0.5, 0.6) is 0 Å². The molecule has 0 heterocycles. The summed E-state index contributed by atoms with van der Waals surface area (Å²) >= 11 is 0. The Bertz CT molecular complexity index is 717. The zero-order valence-corrected chi connectivity index (χ0v) is 16.7. The molecule has 3 unspecified atom stereocenters. The second-order valence-corrected chi connectivity index (χ2v) is 9.53. The smallest absolute Gasteiger partial charge is 0.312 e. The van der Waals surface area contributed by atoms with Gasteiger partial charge in [-0.1, -0.05) is 30.3 Å². The number of rotatable bonds is 7. The molecular formula is C23H31NO4. The molecule has 0 spiro atoms. The van der Waals surface area contributed by atoms with Crippen LogP contribution in [0.1, 0.15) is 57.4 Å². The molecule has 1 aromatic carbocycles. The summed E-state index contributed by atoms with van der Waals surface area (Å²) in [6, 6.07) is 10.2. The lowest BCUT2D eigenvalue weighted by molar-refractivity contribution is -0.196. The molecule has 4 saturated carbocycles. The zero-order chi connectivity index (χ0) is 19.8. The van der Waals surface area contributed by atoms with Crippen LogP contribution in [0.3, 0.4) is 0 Å². The van der Waals surface area contributed by atoms with E-state index >= 15 is 0 Å². The summed E-state index contributed by atoms with van der Waals surface area (Å²) in [7, 11) is 0. The number of carbonyl (C=O) groups is 2. The van der Waals surface area contributed by atoms with Crippen LogP contribution in [-0.2, 0) is 20.7 Å². The minimum Gasteiger partial charge on any atom is -0.455 e. The van der Waals surface area contributed by atoms with E-state index in [1.807, 2.05) is 25.1 Å². The third-order valence-corrected chi connectivity index (χ3v) is 6.91. The standard InChI is InChI=1S/C23H31NO4/c1-16(7-8-17-5-3-2-4-6-17)24-20(25)14-28-21(26)22-10-18-9-19(11-22)13-23(27,12-18)15-22/h2-6,16,18-19,27H,7-15H2,1H3,(H,24,25). The van der Waals surface area contributed by atoms with Crippen LogP contribution in [0, 0.1) is 17.3 Å². The minimum atomic E-state index is -0.697. The van der Waals surface area contributed by atoms with E-state index in [-0.39, 0.29) is 24.5 Å². The summed E-state index contributed by atoms with van der Waals surface area (Å²) in [4.78, 5) is 25.0. The molecule has 4 fully saturated rings. The third kappa shape index (κ3) is 4.09. The monoisotopic (exact) mass is 385 g/mol. The third-order valence-electron chi connectivity index (χ3n) is 6.91. The maximum atomic E-state index is 12.8. The second-order valence-electron chi connectivity index (χ2n) is 9.53. The van der Waals surface area contributed by atoms with Gasteiger partial charge in [0.25, 0.3) is 5.91 Å². The van der Waals surface area contributed by atoms with Gasteiger partial charge in [-0.15, -0.1) is 0 Å². The molecule has 152 valence electrons. The molecule has 0 aromatic heterocycles. The van der Waals surface area contributed by atoms with E-state index in [0.717, 1.165) is 44.9 Å². The number of amides is 1. The lowest BCUT2D eigenvalue weighted by atomic mass is 9.48. The largest absolute Gasteiger partial charge is 0.455 e. The molecule has 0 aliphatic heterocycles. The molecule has 4 aliphatic rings. The first-order valence-electron chi connectivity index (χ1n) is 10.6. The predicted octanol–water partition coefficient (Wildman–Crippen LogP) is 3.00. The fourth-order valence-electron chi connectivity index (χ4n) is 6.15. The van der Waals surface area contributed by atoms with Crippen LogP contribution in [0.4, 0.5) is 0 Å². The molecule has 4 aliphatic carbocycles. The van der Waals surface area contributed by atoms with Gasteiger partial charge in [-0.3, -0.25) is 9.59 Å². The topological polar surface area (TPSA) is 75.6 Å². The van der Waals surface area contributed by atoms with Crippen molar-refractivity contribution in [3.8, 4) is 0 Å². The van der Waals surface area contributed by atoms with Crippen molar-refractivity contribution in [1.82, 2.24) is 5.32 Å². The van der Waals surface area contributed by atoms with Crippen LogP contribution in [0.15, 0.2) is 30.3 Å². The highest BCUT2D eigenvalue weighted by Gasteiger charge is 2.60. The molecule has 0 radical (unpaired) electrons. The van der Waals surface area contributed by atoms with E-state index in [9.17, 15) is 14.7 Å². The number of hydrogen-bond acceptors (Lipinski definition) is 4. The average molecular weight is 386 g/mol. The first-order valence-corrected chi connectivity index (χ1v) is 10.6. The number of esters is 1. The van der Waals surface area contributed by atoms with Gasteiger partial charge in [0.2, 0.25) is 0 Å². The summed E-state index contributed by atoms with van der Waals surface area (Å²) in [5.74, 6) is 0.306. The quantitative estimate of drug-likeness (QED) is 0.708. The molecule has 5 rings (SSSR count). The molecule has 4 bridgehead atoms. The Balaban J connectivity index is 1.24. The average Bonchev–Trinajstić information content (AvgIpc) is 2.63. The van der Waals surface area contributed by atoms with E-state index in [4.69, 9.17) is 4.74 Å². The maximum absolute atomic E-state index is 12.8. The SMILES string of the molecule is CC(CCc1ccccc1)NC(=O)COC(=O)C12CC3CC(CC(O)(C3)C1)C2. The Morgan fingerprint density at radius 2 is 1.86 bits per heavy atom. The van der Waals surface area contributed by atoms with Crippen molar-refractivity contribution in [2.24, 2.45) is 17.3 Å². The van der Waals surface area contributed by atoms with Crippen LogP contribution in [-0.4, -0.2) is 35.2 Å². The summed E-state index contributed by atoms with van der Waals surface area (Å²) in [6.07, 6.45) is 6.60. The Labute approximate surface area is 166 Å². The first-order chi connectivity index (χ1) is 13.4. The van der Waals surface area contributed by atoms with Crippen molar-refractivity contribution in [1.29, 1.82) is 0 Å². The Morgan fingerprint density at radius 3 is 2.50 bits per heavy atom. The normalized spacial score (nSPS) is 34.1. The fraction of sp³-hybridized carbons (Fsp3) is 0.652. The van der Waals surface area contributed by atoms with Gasteiger partial charge in [0.1, 0.15) is 0 Å². The van der Waals surface area contributed by atoms with Crippen molar-refractivity contribution in [2.45, 2.75) is 69.9 Å². The van der Waals surface area contributed by atoms with Gasteiger partial charge in [0.05, 0.1) is 11.0 Å². The van der Waals surface area contributed by atoms with Crippen molar-refractivity contribution in [3.05, 3.63) is 35.9 Å². The second kappa shape index (κ2) is 7.51. The molecule has 3 atom stereocenters. The van der Waals surface area contributed by atoms with Crippen LogP contribution in [0.2, 0.25) is 0 Å². The zero-order valence-electron chi connectivity index (χ0n) is 16.7. The van der Waals surface area contributed by atoms with Gasteiger partial charge in [0.15, 0.2) is 6.61 Å². The van der Waals surface area contributed by atoms with Crippen molar-refractivity contribution in [3.63, 3.8) is 0 Å². The highest BCUT2D eigenvalue weighted by Crippen LogP contribution is 2.61. The van der Waals surface area contributed by atoms with Crippen LogP contribution in [0.25, 0.3) is 0 Å². The van der Waals surface area contributed by atoms with Crippen molar-refractivity contribution >= 4 is 11.9 Å². The highest BCUT2D eigenvalue weighted by atomic mass is 16.5. The molecule has 0 saturated heterocycles. The Hall–Kier alpha value is -1.88. The van der Waals surface area contributed by atoms with Gasteiger partial charge in [-0.25, -0.2) is 0 Å². The lowest BCUT2D eigenvalue weighted by Crippen LogP contribution is -2.58. The highest BCUT2D eigenvalue weighted by molar-refractivity contribution is 5.83. The number of aryl methyl sites for hydroxylation is 1. The molecule has 28 heavy (non-hydrogen) atoms. The number of hydrogen-bond donors (Lipinski definition) is 2. The molecule has 5 heteroatoms. The maximum Gasteiger partial charge on any atom is 0.312 e. The molecular weight excluding hydrogens is 354 g/mol. The van der Waals surface area contributed by atoms with E-state index in [1.54, 1.807) is 0 Å². The fourth-order valence-corrected chi connectivity index (χ4v) is 6.15. The van der Waals surface area contributed by atoms with E-state index in [1.165, 1.54) is 5.56 Å². The van der Waals surface area contributed by atoms with Gasteiger partial charge in [-0.2, -0.15) is 0 Å². The molecule has 2 N–H and O–H groups in total. The summed E-state index contributed by atoms with van der Waals surface area (Å²) < 4.78 is 5.44. The minimum absolute atomic E-state index is 0.0201. The molecule has 1 aromatic rings. The van der Waals surface area contributed by atoms with Gasteiger partial charge in [0, 0.05) is 6.04 Å². The van der Waals surface area contributed by atoms with Gasteiger partial charge in [-0.05, 0) is 75.7 Å². The van der Waals surface area contributed by atoms with Crippen LogP contribution < -0.4 is 5.32 Å². The van der Waals surface area contributed by atoms with Gasteiger partial charge >= 0.3 is 5.97 Å². The summed E-state index contributed by atoms with van der Waals surface area (Å²) in [6.45, 7) is 1.74. The first kappa shape index (κ1) is 19.4. The number of aliphatic hydroxyl groups is 1. The van der Waals surface area contributed by atoms with Crippen LogP contribution >= 0.6 is 0 Å². The lowest BCUT2D eigenvalue weighted by Gasteiger charge is -2.58. The Kier molecular flexibility index (Phi) is 5.21. The number of benzene rings is 1. The molecule has 1 amide bonds.